The maximum absolute atomic E-state index is 14.4. The average molecular weight is 469 g/mol. The molecule has 176 valence electrons. The molecule has 4 aromatic rings. The Morgan fingerprint density at radius 2 is 1.66 bits per heavy atom. The summed E-state index contributed by atoms with van der Waals surface area (Å²) in [6.45, 7) is 1.42. The minimum atomic E-state index is -0.480. The van der Waals surface area contributed by atoms with Gasteiger partial charge in [0, 0.05) is 32.1 Å². The van der Waals surface area contributed by atoms with Gasteiger partial charge in [-0.2, -0.15) is 4.98 Å². The summed E-state index contributed by atoms with van der Waals surface area (Å²) in [4.78, 5) is 26.3. The molecule has 0 spiro atoms. The summed E-state index contributed by atoms with van der Waals surface area (Å²) in [6.07, 6.45) is 0.552. The van der Waals surface area contributed by atoms with E-state index in [0.29, 0.717) is 36.6 Å². The van der Waals surface area contributed by atoms with E-state index in [9.17, 15) is 9.18 Å². The quantitative estimate of drug-likeness (QED) is 0.387. The zero-order chi connectivity index (χ0) is 24.2. The van der Waals surface area contributed by atoms with Gasteiger partial charge in [-0.3, -0.25) is 4.79 Å². The molecule has 0 fully saturated rings. The lowest BCUT2D eigenvalue weighted by molar-refractivity contribution is 0.0732. The molecule has 0 atom stereocenters. The Hall–Kier alpha value is -4.26. The van der Waals surface area contributed by atoms with Crippen LogP contribution in [0.1, 0.15) is 27.2 Å². The van der Waals surface area contributed by atoms with Crippen molar-refractivity contribution in [3.05, 3.63) is 113 Å². The number of rotatable bonds is 6. The van der Waals surface area contributed by atoms with Gasteiger partial charge in [-0.15, -0.1) is 0 Å². The lowest BCUT2D eigenvalue weighted by Gasteiger charge is -2.30. The lowest BCUT2D eigenvalue weighted by Crippen LogP contribution is -2.37. The largest absolute Gasteiger partial charge is 0.435 e. The molecule has 0 bridgehead atoms. The van der Waals surface area contributed by atoms with Crippen LogP contribution >= 0.6 is 0 Å². The number of para-hydroxylation sites is 1. The van der Waals surface area contributed by atoms with E-state index in [0.717, 1.165) is 11.3 Å². The van der Waals surface area contributed by atoms with Gasteiger partial charge in [0.1, 0.15) is 0 Å². The third kappa shape index (κ3) is 4.99. The van der Waals surface area contributed by atoms with Crippen LogP contribution in [0.5, 0.6) is 11.6 Å². The fourth-order valence-corrected chi connectivity index (χ4v) is 4.12. The number of hydrogen-bond donors (Lipinski definition) is 0. The van der Waals surface area contributed by atoms with Crippen molar-refractivity contribution in [3.63, 3.8) is 0 Å². The second-order valence-corrected chi connectivity index (χ2v) is 8.47. The van der Waals surface area contributed by atoms with E-state index in [4.69, 9.17) is 9.72 Å². The Labute approximate surface area is 203 Å². The van der Waals surface area contributed by atoms with Gasteiger partial charge in [-0.25, -0.2) is 9.37 Å². The highest BCUT2D eigenvalue weighted by atomic mass is 19.1. The average Bonchev–Trinajstić information content (AvgIpc) is 2.90. The van der Waals surface area contributed by atoms with Gasteiger partial charge in [-0.05, 0) is 29.8 Å². The summed E-state index contributed by atoms with van der Waals surface area (Å²) < 4.78 is 20.4. The van der Waals surface area contributed by atoms with Crippen molar-refractivity contribution < 1.29 is 13.9 Å². The van der Waals surface area contributed by atoms with Crippen LogP contribution in [0.4, 0.5) is 10.3 Å². The second kappa shape index (κ2) is 9.93. The van der Waals surface area contributed by atoms with E-state index in [1.165, 1.54) is 6.07 Å². The number of halogens is 1. The van der Waals surface area contributed by atoms with Crippen molar-refractivity contribution in [1.82, 2.24) is 14.9 Å². The van der Waals surface area contributed by atoms with Gasteiger partial charge in [0.15, 0.2) is 11.6 Å². The number of hydrogen-bond acceptors (Lipinski definition) is 5. The Morgan fingerprint density at radius 1 is 0.971 bits per heavy atom. The van der Waals surface area contributed by atoms with Gasteiger partial charge >= 0.3 is 0 Å². The number of aromatic nitrogens is 2. The normalized spacial score (nSPS) is 12.7. The fourth-order valence-electron chi connectivity index (χ4n) is 4.12. The van der Waals surface area contributed by atoms with E-state index in [2.05, 4.69) is 4.98 Å². The van der Waals surface area contributed by atoms with Gasteiger partial charge < -0.3 is 14.5 Å². The minimum Gasteiger partial charge on any atom is -0.435 e. The number of benzene rings is 3. The van der Waals surface area contributed by atoms with Gasteiger partial charge in [0.05, 0.1) is 17.8 Å². The van der Waals surface area contributed by atoms with E-state index in [1.807, 2.05) is 60.5 Å². The summed E-state index contributed by atoms with van der Waals surface area (Å²) in [6, 6.07) is 25.4. The van der Waals surface area contributed by atoms with Gasteiger partial charge in [0.2, 0.25) is 11.8 Å². The fraction of sp³-hybridized carbons (Fsp3) is 0.179. The summed E-state index contributed by atoms with van der Waals surface area (Å²) in [5, 5.41) is 0. The van der Waals surface area contributed by atoms with Crippen molar-refractivity contribution in [2.45, 2.75) is 19.5 Å². The van der Waals surface area contributed by atoms with Crippen molar-refractivity contribution >= 4 is 11.9 Å². The minimum absolute atomic E-state index is 0.0710. The van der Waals surface area contributed by atoms with Crippen LogP contribution in [-0.2, 0) is 19.5 Å². The van der Waals surface area contributed by atoms with Crippen molar-refractivity contribution in [2.24, 2.45) is 0 Å². The number of fused-ring (bicyclic) bond motifs is 1. The number of ether oxygens (including phenoxy) is 1. The van der Waals surface area contributed by atoms with Crippen LogP contribution < -0.4 is 9.64 Å². The molecule has 6 nitrogen and oxygen atoms in total. The highest BCUT2D eigenvalue weighted by Crippen LogP contribution is 2.33. The predicted octanol–water partition coefficient (Wildman–Crippen LogP) is 5.24. The third-order valence-electron chi connectivity index (χ3n) is 5.97. The molecule has 2 heterocycles. The van der Waals surface area contributed by atoms with Gasteiger partial charge in [0.25, 0.3) is 5.91 Å². The predicted molar refractivity (Wildman–Crippen MR) is 132 cm³/mol. The maximum Gasteiger partial charge on any atom is 0.254 e. The molecule has 0 N–H and O–H groups in total. The molecule has 5 rings (SSSR count). The molecule has 1 aromatic heterocycles. The first-order valence-electron chi connectivity index (χ1n) is 11.5. The molecule has 35 heavy (non-hydrogen) atoms. The Morgan fingerprint density at radius 3 is 2.40 bits per heavy atom. The molecule has 7 heteroatoms. The monoisotopic (exact) mass is 468 g/mol. The SMILES string of the molecule is CN(Cc1ccccc1)c1nc2c(c(Oc3ccccc3F)n1)CN(C(=O)c1ccccc1)CC2. The van der Waals surface area contributed by atoms with Crippen LogP contribution in [0.25, 0.3) is 0 Å². The standard InChI is InChI=1S/C28H25FN4O2/c1-32(18-20-10-4-2-5-11-20)28-30-24-16-17-33(27(34)21-12-6-3-7-13-21)19-22(24)26(31-28)35-25-15-9-8-14-23(25)29/h2-15H,16-19H2,1H3. The number of anilines is 1. The molecule has 1 amide bonds. The Balaban J connectivity index is 1.49. The van der Waals surface area contributed by atoms with Crippen molar-refractivity contribution in [1.29, 1.82) is 0 Å². The van der Waals surface area contributed by atoms with Gasteiger partial charge in [-0.1, -0.05) is 60.7 Å². The molecule has 0 radical (unpaired) electrons. The highest BCUT2D eigenvalue weighted by Gasteiger charge is 2.28. The second-order valence-electron chi connectivity index (χ2n) is 8.47. The third-order valence-corrected chi connectivity index (χ3v) is 5.97. The molecule has 0 saturated carbocycles. The molecule has 0 saturated heterocycles. The smallest absolute Gasteiger partial charge is 0.254 e. The van der Waals surface area contributed by atoms with Crippen molar-refractivity contribution in [3.8, 4) is 11.6 Å². The van der Waals surface area contributed by atoms with Crippen LogP contribution in [-0.4, -0.2) is 34.4 Å². The van der Waals surface area contributed by atoms with E-state index in [-0.39, 0.29) is 24.1 Å². The first-order valence-corrected chi connectivity index (χ1v) is 11.5. The summed E-state index contributed by atoms with van der Waals surface area (Å²) >= 11 is 0. The Kier molecular flexibility index (Phi) is 6.39. The topological polar surface area (TPSA) is 58.6 Å². The van der Waals surface area contributed by atoms with Crippen molar-refractivity contribution in [2.75, 3.05) is 18.5 Å². The number of amides is 1. The van der Waals surface area contributed by atoms with Crippen LogP contribution in [0.3, 0.4) is 0 Å². The molecule has 0 aliphatic carbocycles. The van der Waals surface area contributed by atoms with E-state index >= 15 is 0 Å². The summed E-state index contributed by atoms with van der Waals surface area (Å²) in [7, 11) is 1.91. The molecular formula is C28H25FN4O2. The molecule has 1 aliphatic rings. The Bertz CT molecular complexity index is 1330. The molecule has 1 aliphatic heterocycles. The summed E-state index contributed by atoms with van der Waals surface area (Å²) in [5.74, 6) is 0.282. The number of nitrogens with zero attached hydrogens (tertiary/aromatic N) is 4. The molecular weight excluding hydrogens is 443 g/mol. The van der Waals surface area contributed by atoms with E-state index < -0.39 is 5.82 Å². The van der Waals surface area contributed by atoms with Crippen LogP contribution in [0.2, 0.25) is 0 Å². The van der Waals surface area contributed by atoms with Crippen LogP contribution in [0.15, 0.2) is 84.9 Å². The number of carbonyl (C=O) groups excluding carboxylic acids is 1. The van der Waals surface area contributed by atoms with E-state index in [1.54, 1.807) is 35.2 Å². The number of carbonyl (C=O) groups is 1. The zero-order valence-electron chi connectivity index (χ0n) is 19.4. The van der Waals surface area contributed by atoms with Crippen LogP contribution in [0, 0.1) is 5.82 Å². The molecule has 0 unspecified atom stereocenters. The summed E-state index contributed by atoms with van der Waals surface area (Å²) in [5.41, 5.74) is 3.24. The first-order chi connectivity index (χ1) is 17.1. The zero-order valence-corrected chi connectivity index (χ0v) is 19.4. The first kappa shape index (κ1) is 22.5. The maximum atomic E-state index is 14.4. The lowest BCUT2D eigenvalue weighted by atomic mass is 10.1. The highest BCUT2D eigenvalue weighted by molar-refractivity contribution is 5.94. The molecule has 3 aromatic carbocycles.